The molecule has 176 valence electrons. The zero-order valence-electron chi connectivity index (χ0n) is 19.5. The second kappa shape index (κ2) is 9.35. The van der Waals surface area contributed by atoms with Gasteiger partial charge < -0.3 is 14.5 Å². The number of allylic oxidation sites excluding steroid dienone is 1. The number of thiazole rings is 1. The summed E-state index contributed by atoms with van der Waals surface area (Å²) in [6.45, 7) is 6.20. The molecule has 0 fully saturated rings. The molecule has 0 unspecified atom stereocenters. The largest absolute Gasteiger partial charge is 0.493 e. The predicted molar refractivity (Wildman–Crippen MR) is 139 cm³/mol. The van der Waals surface area contributed by atoms with Crippen LogP contribution in [-0.4, -0.2) is 17.5 Å². The Morgan fingerprint density at radius 3 is 2.74 bits per heavy atom. The summed E-state index contributed by atoms with van der Waals surface area (Å²) in [6, 6.07) is 15.8. The van der Waals surface area contributed by atoms with Crippen LogP contribution in [0.15, 0.2) is 71.4 Å². The molecule has 0 atom stereocenters. The van der Waals surface area contributed by atoms with Crippen molar-refractivity contribution in [3.63, 3.8) is 0 Å². The first-order chi connectivity index (χ1) is 16.9. The van der Waals surface area contributed by atoms with Gasteiger partial charge in [0.15, 0.2) is 0 Å². The van der Waals surface area contributed by atoms with E-state index in [0.717, 1.165) is 42.9 Å². The van der Waals surface area contributed by atoms with Crippen molar-refractivity contribution in [2.45, 2.75) is 20.8 Å². The van der Waals surface area contributed by atoms with Gasteiger partial charge in [0.2, 0.25) is 5.91 Å². The second-order valence-corrected chi connectivity index (χ2v) is 9.40. The molecular formula is C28H23FN2O3S. The molecule has 2 aromatic heterocycles. The Hall–Kier alpha value is -3.97. The van der Waals surface area contributed by atoms with Crippen LogP contribution in [-0.2, 0) is 4.79 Å². The van der Waals surface area contributed by atoms with E-state index in [1.807, 2.05) is 51.1 Å². The first kappa shape index (κ1) is 22.8. The topological polar surface area (TPSA) is 64.4 Å². The third-order valence-electron chi connectivity index (χ3n) is 5.67. The highest BCUT2D eigenvalue weighted by Crippen LogP contribution is 2.37. The van der Waals surface area contributed by atoms with Gasteiger partial charge in [0.25, 0.3) is 0 Å². The van der Waals surface area contributed by atoms with Crippen LogP contribution >= 0.6 is 11.3 Å². The monoisotopic (exact) mass is 486 g/mol. The molecule has 35 heavy (non-hydrogen) atoms. The number of nitrogens with one attached hydrogen (secondary N) is 1. The number of benzene rings is 3. The summed E-state index contributed by atoms with van der Waals surface area (Å²) in [5.74, 6) is 0.0814. The minimum Gasteiger partial charge on any atom is -0.493 e. The molecule has 5 rings (SSSR count). The van der Waals surface area contributed by atoms with Gasteiger partial charge in [-0.3, -0.25) is 4.79 Å². The van der Waals surface area contributed by atoms with E-state index in [0.29, 0.717) is 23.6 Å². The number of rotatable bonds is 6. The Morgan fingerprint density at radius 1 is 1.17 bits per heavy atom. The van der Waals surface area contributed by atoms with Gasteiger partial charge in [0.1, 0.15) is 17.1 Å². The van der Waals surface area contributed by atoms with Crippen LogP contribution in [0.2, 0.25) is 0 Å². The van der Waals surface area contributed by atoms with Gasteiger partial charge in [0.05, 0.1) is 28.1 Å². The zero-order chi connectivity index (χ0) is 24.5. The Bertz CT molecular complexity index is 1580. The van der Waals surface area contributed by atoms with Crippen molar-refractivity contribution in [1.82, 2.24) is 4.98 Å². The molecule has 0 radical (unpaired) electrons. The molecule has 0 saturated carbocycles. The number of ether oxygens (including phenoxy) is 1. The van der Waals surface area contributed by atoms with Crippen LogP contribution in [0.1, 0.15) is 24.4 Å². The lowest BCUT2D eigenvalue weighted by Crippen LogP contribution is -2.08. The molecule has 3 aromatic carbocycles. The molecule has 5 aromatic rings. The molecule has 0 aliphatic carbocycles. The maximum Gasteiger partial charge on any atom is 0.248 e. The summed E-state index contributed by atoms with van der Waals surface area (Å²) in [4.78, 5) is 17.3. The van der Waals surface area contributed by atoms with Crippen molar-refractivity contribution in [2.75, 3.05) is 11.9 Å². The highest BCUT2D eigenvalue weighted by atomic mass is 32.1. The van der Waals surface area contributed by atoms with Gasteiger partial charge >= 0.3 is 0 Å². The molecule has 1 amide bonds. The lowest BCUT2D eigenvalue weighted by molar-refractivity contribution is -0.111. The van der Waals surface area contributed by atoms with Crippen molar-refractivity contribution in [3.05, 3.63) is 83.3 Å². The summed E-state index contributed by atoms with van der Waals surface area (Å²) < 4.78 is 26.1. The van der Waals surface area contributed by atoms with E-state index in [9.17, 15) is 9.18 Å². The van der Waals surface area contributed by atoms with Crippen LogP contribution in [0, 0.1) is 12.7 Å². The molecule has 0 aliphatic heterocycles. The first-order valence-corrected chi connectivity index (χ1v) is 12.0. The lowest BCUT2D eigenvalue weighted by Gasteiger charge is -2.12. The van der Waals surface area contributed by atoms with E-state index in [1.54, 1.807) is 35.8 Å². The van der Waals surface area contributed by atoms with Gasteiger partial charge in [-0.1, -0.05) is 12.1 Å². The van der Waals surface area contributed by atoms with Crippen LogP contribution in [0.4, 0.5) is 10.1 Å². The number of carbonyl (C=O) groups excluding carboxylic acids is 1. The van der Waals surface area contributed by atoms with Crippen molar-refractivity contribution < 1.29 is 18.3 Å². The number of nitrogens with zero attached hydrogens (tertiary/aromatic N) is 1. The van der Waals surface area contributed by atoms with Crippen LogP contribution in [0.5, 0.6) is 5.75 Å². The highest BCUT2D eigenvalue weighted by Gasteiger charge is 2.15. The molecule has 0 aliphatic rings. The van der Waals surface area contributed by atoms with Crippen molar-refractivity contribution in [1.29, 1.82) is 0 Å². The maximum absolute atomic E-state index is 13.4. The van der Waals surface area contributed by atoms with Gasteiger partial charge in [-0.2, -0.15) is 0 Å². The Morgan fingerprint density at radius 2 is 1.97 bits per heavy atom. The number of halogens is 1. The van der Waals surface area contributed by atoms with Crippen LogP contribution in [0.3, 0.4) is 0 Å². The average molecular weight is 487 g/mol. The summed E-state index contributed by atoms with van der Waals surface area (Å²) in [5.41, 5.74) is 5.41. The standard InChI is InChI=1S/C28H23FN2O3S/c1-4-33-25-14-26-22(23(15-34-26)18-5-7-19(29)8-6-18)13-21(25)16(2)11-28(32)31-20-9-10-27-24(12-20)30-17(3)35-27/h5-15H,4H2,1-3H3,(H,31,32)/b16-11+. The average Bonchev–Trinajstić information content (AvgIpc) is 3.41. The Kier molecular flexibility index (Phi) is 6.09. The number of carbonyl (C=O) groups is 1. The third kappa shape index (κ3) is 4.68. The van der Waals surface area contributed by atoms with Crippen molar-refractivity contribution in [2.24, 2.45) is 0 Å². The Labute approximate surface area is 205 Å². The number of hydrogen-bond donors (Lipinski definition) is 1. The fourth-order valence-corrected chi connectivity index (χ4v) is 4.87. The number of furan rings is 1. The summed E-state index contributed by atoms with van der Waals surface area (Å²) in [7, 11) is 0. The first-order valence-electron chi connectivity index (χ1n) is 11.2. The number of hydrogen-bond acceptors (Lipinski definition) is 5. The molecule has 0 spiro atoms. The second-order valence-electron chi connectivity index (χ2n) is 8.17. The molecular weight excluding hydrogens is 463 g/mol. The van der Waals surface area contributed by atoms with E-state index >= 15 is 0 Å². The molecule has 7 heteroatoms. The highest BCUT2D eigenvalue weighted by molar-refractivity contribution is 7.18. The predicted octanol–water partition coefficient (Wildman–Crippen LogP) is 7.60. The smallest absolute Gasteiger partial charge is 0.248 e. The molecule has 0 bridgehead atoms. The van der Waals surface area contributed by atoms with Gasteiger partial charge in [-0.25, -0.2) is 9.37 Å². The molecule has 2 heterocycles. The maximum atomic E-state index is 13.4. The van der Waals surface area contributed by atoms with E-state index in [1.165, 1.54) is 12.1 Å². The minimum absolute atomic E-state index is 0.248. The molecule has 0 saturated heterocycles. The van der Waals surface area contributed by atoms with Gasteiger partial charge in [-0.05, 0) is 68.3 Å². The Balaban J connectivity index is 1.49. The quantitative estimate of drug-likeness (QED) is 0.251. The van der Waals surface area contributed by atoms with Crippen LogP contribution in [0.25, 0.3) is 37.9 Å². The van der Waals surface area contributed by atoms with E-state index in [-0.39, 0.29) is 11.7 Å². The minimum atomic E-state index is -0.297. The van der Waals surface area contributed by atoms with Crippen molar-refractivity contribution in [3.8, 4) is 16.9 Å². The number of amides is 1. The fraction of sp³-hybridized carbons (Fsp3) is 0.143. The van der Waals surface area contributed by atoms with E-state index in [4.69, 9.17) is 9.15 Å². The summed E-state index contributed by atoms with van der Waals surface area (Å²) in [5, 5.41) is 4.76. The van der Waals surface area contributed by atoms with E-state index in [2.05, 4.69) is 10.3 Å². The lowest BCUT2D eigenvalue weighted by atomic mass is 9.99. The zero-order valence-corrected chi connectivity index (χ0v) is 20.3. The summed E-state index contributed by atoms with van der Waals surface area (Å²) in [6.07, 6.45) is 3.21. The van der Waals surface area contributed by atoms with Gasteiger partial charge in [0, 0.05) is 34.3 Å². The van der Waals surface area contributed by atoms with Crippen LogP contribution < -0.4 is 10.1 Å². The number of fused-ring (bicyclic) bond motifs is 2. The summed E-state index contributed by atoms with van der Waals surface area (Å²) >= 11 is 1.62. The number of aromatic nitrogens is 1. The number of anilines is 1. The molecule has 5 nitrogen and oxygen atoms in total. The fourth-order valence-electron chi connectivity index (χ4n) is 4.06. The SMILES string of the molecule is CCOc1cc2occ(-c3ccc(F)cc3)c2cc1/C(C)=C/C(=O)Nc1ccc2sc(C)nc2c1. The normalized spacial score (nSPS) is 11.8. The third-order valence-corrected chi connectivity index (χ3v) is 6.62. The number of aryl methyl sites for hydroxylation is 1. The van der Waals surface area contributed by atoms with Gasteiger partial charge in [-0.15, -0.1) is 11.3 Å². The molecule has 1 N–H and O–H groups in total. The van der Waals surface area contributed by atoms with Crippen molar-refractivity contribution >= 4 is 49.7 Å². The van der Waals surface area contributed by atoms with E-state index < -0.39 is 0 Å².